The number of pyridine rings is 1. The quantitative estimate of drug-likeness (QED) is 0.688. The summed E-state index contributed by atoms with van der Waals surface area (Å²) >= 11 is 3.35. The average molecular weight is 377 g/mol. The standard InChI is InChI=1S/C15H17BrN6O/c1-3-4-8-22-12(13(18-2)21-15(22)16)14(23)20-9-11-10(17)6-5-7-19-11/h5-7,18H,8-9,17H2,1-2H3,(H,20,23). The molecule has 2 aromatic heterocycles. The Labute approximate surface area is 142 Å². The minimum atomic E-state index is -0.282. The molecule has 2 aromatic rings. The van der Waals surface area contributed by atoms with E-state index in [1.807, 2.05) is 0 Å². The van der Waals surface area contributed by atoms with Gasteiger partial charge in [0.2, 0.25) is 0 Å². The number of amides is 1. The van der Waals surface area contributed by atoms with Crippen molar-refractivity contribution >= 4 is 33.3 Å². The van der Waals surface area contributed by atoms with Gasteiger partial charge in [-0.1, -0.05) is 5.92 Å². The zero-order chi connectivity index (χ0) is 16.8. The lowest BCUT2D eigenvalue weighted by Gasteiger charge is -2.10. The van der Waals surface area contributed by atoms with Crippen LogP contribution >= 0.6 is 15.9 Å². The van der Waals surface area contributed by atoms with E-state index in [1.54, 1.807) is 36.9 Å². The number of nitrogen functional groups attached to an aromatic ring is 1. The van der Waals surface area contributed by atoms with Gasteiger partial charge in [-0.3, -0.25) is 9.78 Å². The maximum atomic E-state index is 12.6. The van der Waals surface area contributed by atoms with Gasteiger partial charge in [-0.25, -0.2) is 4.98 Å². The molecule has 0 aromatic carbocycles. The van der Waals surface area contributed by atoms with Crippen LogP contribution in [0.25, 0.3) is 0 Å². The molecule has 0 unspecified atom stereocenters. The van der Waals surface area contributed by atoms with Crippen LogP contribution in [0.15, 0.2) is 23.1 Å². The van der Waals surface area contributed by atoms with Gasteiger partial charge in [-0.2, -0.15) is 0 Å². The van der Waals surface area contributed by atoms with Crippen LogP contribution in [-0.4, -0.2) is 27.5 Å². The van der Waals surface area contributed by atoms with Crippen molar-refractivity contribution in [2.75, 3.05) is 18.1 Å². The molecular formula is C15H17BrN6O. The monoisotopic (exact) mass is 376 g/mol. The Bertz CT molecular complexity index is 774. The van der Waals surface area contributed by atoms with E-state index in [9.17, 15) is 4.79 Å². The minimum absolute atomic E-state index is 0.233. The third-order valence-electron chi connectivity index (χ3n) is 3.13. The summed E-state index contributed by atoms with van der Waals surface area (Å²) < 4.78 is 2.23. The number of carbonyl (C=O) groups excluding carboxylic acids is 1. The fourth-order valence-electron chi connectivity index (χ4n) is 1.98. The normalized spacial score (nSPS) is 9.87. The lowest BCUT2D eigenvalue weighted by molar-refractivity contribution is 0.0942. The van der Waals surface area contributed by atoms with Crippen molar-refractivity contribution in [1.29, 1.82) is 0 Å². The number of hydrogen-bond donors (Lipinski definition) is 3. The van der Waals surface area contributed by atoms with Crippen LogP contribution in [-0.2, 0) is 13.1 Å². The molecule has 120 valence electrons. The molecule has 0 atom stereocenters. The van der Waals surface area contributed by atoms with E-state index in [-0.39, 0.29) is 12.5 Å². The molecule has 0 aliphatic carbocycles. The third kappa shape index (κ3) is 3.81. The highest BCUT2D eigenvalue weighted by molar-refractivity contribution is 9.10. The van der Waals surface area contributed by atoms with Gasteiger partial charge in [0.25, 0.3) is 5.91 Å². The Hall–Kier alpha value is -2.53. The molecule has 0 aliphatic heterocycles. The number of nitrogens with one attached hydrogen (secondary N) is 2. The van der Waals surface area contributed by atoms with Crippen LogP contribution in [0, 0.1) is 11.8 Å². The van der Waals surface area contributed by atoms with E-state index in [0.29, 0.717) is 34.2 Å². The number of carbonyl (C=O) groups is 1. The largest absolute Gasteiger partial charge is 0.397 e. The minimum Gasteiger partial charge on any atom is -0.397 e. The maximum Gasteiger partial charge on any atom is 0.272 e. The molecule has 23 heavy (non-hydrogen) atoms. The van der Waals surface area contributed by atoms with Crippen molar-refractivity contribution in [2.24, 2.45) is 0 Å². The Morgan fingerprint density at radius 3 is 2.96 bits per heavy atom. The fraction of sp³-hybridized carbons (Fsp3) is 0.267. The second-order valence-corrected chi connectivity index (χ2v) is 5.27. The molecule has 2 rings (SSSR count). The smallest absolute Gasteiger partial charge is 0.272 e. The molecule has 0 fully saturated rings. The first-order valence-corrected chi connectivity index (χ1v) is 7.68. The summed E-state index contributed by atoms with van der Waals surface area (Å²) in [6.07, 6.45) is 1.63. The topological polar surface area (TPSA) is 97.9 Å². The van der Waals surface area contributed by atoms with Crippen LogP contribution in [0.1, 0.15) is 23.1 Å². The molecule has 0 aliphatic rings. The predicted molar refractivity (Wildman–Crippen MR) is 92.7 cm³/mol. The first-order valence-electron chi connectivity index (χ1n) is 6.89. The summed E-state index contributed by atoms with van der Waals surface area (Å²) in [5.74, 6) is 5.92. The number of rotatable bonds is 5. The van der Waals surface area contributed by atoms with Gasteiger partial charge in [0.05, 0.1) is 24.5 Å². The Kier molecular flexibility index (Phi) is 5.60. The van der Waals surface area contributed by atoms with Gasteiger partial charge in [0.15, 0.2) is 16.2 Å². The highest BCUT2D eigenvalue weighted by Gasteiger charge is 2.21. The molecular weight excluding hydrogens is 360 g/mol. The van der Waals surface area contributed by atoms with Crippen LogP contribution in [0.2, 0.25) is 0 Å². The van der Waals surface area contributed by atoms with Gasteiger partial charge in [0.1, 0.15) is 0 Å². The van der Waals surface area contributed by atoms with Crippen LogP contribution in [0.3, 0.4) is 0 Å². The van der Waals surface area contributed by atoms with E-state index in [0.717, 1.165) is 0 Å². The summed E-state index contributed by atoms with van der Waals surface area (Å²) in [4.78, 5) is 21.0. The average Bonchev–Trinajstić information content (AvgIpc) is 2.87. The first kappa shape index (κ1) is 16.8. The lowest BCUT2D eigenvalue weighted by Crippen LogP contribution is -2.27. The molecule has 0 spiro atoms. The van der Waals surface area contributed by atoms with E-state index in [4.69, 9.17) is 5.73 Å². The van der Waals surface area contributed by atoms with Crippen LogP contribution < -0.4 is 16.4 Å². The molecule has 0 bridgehead atoms. The Balaban J connectivity index is 2.23. The Morgan fingerprint density at radius 1 is 1.52 bits per heavy atom. The molecule has 7 nitrogen and oxygen atoms in total. The number of aromatic nitrogens is 3. The fourth-order valence-corrected chi connectivity index (χ4v) is 2.46. The predicted octanol–water partition coefficient (Wildman–Crippen LogP) is 1.62. The summed E-state index contributed by atoms with van der Waals surface area (Å²) in [5.41, 5.74) is 7.38. The number of hydrogen-bond acceptors (Lipinski definition) is 5. The number of halogens is 1. The highest BCUT2D eigenvalue weighted by Crippen LogP contribution is 2.21. The van der Waals surface area contributed by atoms with Gasteiger partial charge in [0, 0.05) is 13.2 Å². The summed E-state index contributed by atoms with van der Waals surface area (Å²) in [5, 5.41) is 5.72. The molecule has 1 amide bonds. The van der Waals surface area contributed by atoms with Gasteiger partial charge in [-0.15, -0.1) is 5.92 Å². The molecule has 0 saturated carbocycles. The van der Waals surface area contributed by atoms with Crippen LogP contribution in [0.4, 0.5) is 11.5 Å². The number of nitrogens with two attached hydrogens (primary N) is 1. The maximum absolute atomic E-state index is 12.6. The van der Waals surface area contributed by atoms with Crippen molar-refractivity contribution in [3.05, 3.63) is 34.5 Å². The van der Waals surface area contributed by atoms with E-state index in [1.165, 1.54) is 0 Å². The zero-order valence-corrected chi connectivity index (χ0v) is 14.4. The van der Waals surface area contributed by atoms with Gasteiger partial charge in [-0.05, 0) is 35.0 Å². The molecule has 2 heterocycles. The summed E-state index contributed by atoms with van der Waals surface area (Å²) in [6.45, 7) is 2.34. The Morgan fingerprint density at radius 2 is 2.30 bits per heavy atom. The van der Waals surface area contributed by atoms with Crippen molar-refractivity contribution < 1.29 is 4.79 Å². The van der Waals surface area contributed by atoms with Crippen molar-refractivity contribution in [2.45, 2.75) is 20.0 Å². The zero-order valence-electron chi connectivity index (χ0n) is 12.9. The van der Waals surface area contributed by atoms with Gasteiger partial charge < -0.3 is 20.9 Å². The van der Waals surface area contributed by atoms with Crippen molar-refractivity contribution in [3.63, 3.8) is 0 Å². The van der Waals surface area contributed by atoms with Gasteiger partial charge >= 0.3 is 0 Å². The van der Waals surface area contributed by atoms with E-state index in [2.05, 4.69) is 48.4 Å². The number of nitrogens with zero attached hydrogens (tertiary/aromatic N) is 3. The number of imidazole rings is 1. The second-order valence-electron chi connectivity index (χ2n) is 4.56. The SMILES string of the molecule is CC#CCn1c(Br)nc(NC)c1C(=O)NCc1ncccc1N. The summed E-state index contributed by atoms with van der Waals surface area (Å²) in [6, 6.07) is 3.49. The molecule has 8 heteroatoms. The van der Waals surface area contributed by atoms with Crippen LogP contribution in [0.5, 0.6) is 0 Å². The van der Waals surface area contributed by atoms with Crippen molar-refractivity contribution in [3.8, 4) is 11.8 Å². The second kappa shape index (κ2) is 7.65. The first-order chi connectivity index (χ1) is 11.1. The third-order valence-corrected chi connectivity index (χ3v) is 3.73. The van der Waals surface area contributed by atoms with Crippen molar-refractivity contribution in [1.82, 2.24) is 19.9 Å². The summed E-state index contributed by atoms with van der Waals surface area (Å²) in [7, 11) is 1.71. The lowest BCUT2D eigenvalue weighted by atomic mass is 10.3. The van der Waals surface area contributed by atoms with E-state index >= 15 is 0 Å². The molecule has 0 saturated heterocycles. The molecule has 4 N–H and O–H groups in total. The molecule has 0 radical (unpaired) electrons. The van der Waals surface area contributed by atoms with E-state index < -0.39 is 0 Å². The highest BCUT2D eigenvalue weighted by atomic mass is 79.9. The number of anilines is 2.